The van der Waals surface area contributed by atoms with E-state index >= 15 is 0 Å². The largest absolute Gasteiger partial charge is 0.481 e. The number of urea groups is 1. The van der Waals surface area contributed by atoms with Gasteiger partial charge >= 0.3 is 12.0 Å². The molecule has 1 heterocycles. The van der Waals surface area contributed by atoms with Crippen molar-refractivity contribution in [3.8, 4) is 0 Å². The summed E-state index contributed by atoms with van der Waals surface area (Å²) in [6.07, 6.45) is 0.943. The Morgan fingerprint density at radius 2 is 2.33 bits per heavy atom. The summed E-state index contributed by atoms with van der Waals surface area (Å²) in [5, 5.41) is 13.9. The second-order valence-corrected chi connectivity index (χ2v) is 4.83. The highest BCUT2D eigenvalue weighted by molar-refractivity contribution is 7.99. The van der Waals surface area contributed by atoms with Gasteiger partial charge in [0.1, 0.15) is 0 Å². The Balaban J connectivity index is 2.19. The van der Waals surface area contributed by atoms with Gasteiger partial charge in [-0.1, -0.05) is 0 Å². The van der Waals surface area contributed by atoms with Crippen LogP contribution >= 0.6 is 11.8 Å². The molecular formula is C9H16N2O3S. The number of carbonyl (C=O) groups is 2. The molecule has 0 spiro atoms. The number of hydrogen-bond donors (Lipinski definition) is 3. The quantitative estimate of drug-likeness (QED) is 0.665. The van der Waals surface area contributed by atoms with Gasteiger partial charge in [0.25, 0.3) is 0 Å². The summed E-state index contributed by atoms with van der Waals surface area (Å²) in [5.41, 5.74) is 0. The summed E-state index contributed by atoms with van der Waals surface area (Å²) >= 11 is 1.82. The molecule has 15 heavy (non-hydrogen) atoms. The van der Waals surface area contributed by atoms with E-state index in [-0.39, 0.29) is 24.5 Å². The first-order valence-electron chi connectivity index (χ1n) is 4.94. The van der Waals surface area contributed by atoms with Gasteiger partial charge in [0, 0.05) is 17.8 Å². The third-order valence-electron chi connectivity index (χ3n) is 2.12. The second kappa shape index (κ2) is 5.85. The van der Waals surface area contributed by atoms with Gasteiger partial charge in [-0.25, -0.2) is 4.79 Å². The van der Waals surface area contributed by atoms with Crippen LogP contribution in [-0.2, 0) is 4.79 Å². The summed E-state index contributed by atoms with van der Waals surface area (Å²) in [6, 6.07) is -0.375. The molecule has 1 aliphatic rings. The summed E-state index contributed by atoms with van der Waals surface area (Å²) in [4.78, 5) is 21.7. The number of carboxylic acids is 1. The fourth-order valence-corrected chi connectivity index (χ4v) is 2.56. The maximum absolute atomic E-state index is 11.4. The molecule has 1 fully saturated rings. The lowest BCUT2D eigenvalue weighted by Crippen LogP contribution is -2.45. The molecule has 0 aliphatic carbocycles. The Kier molecular flexibility index (Phi) is 4.74. The molecule has 0 bridgehead atoms. The predicted molar refractivity (Wildman–Crippen MR) is 59.1 cm³/mol. The summed E-state index contributed by atoms with van der Waals surface area (Å²) in [7, 11) is 0. The van der Waals surface area contributed by atoms with Crippen molar-refractivity contribution in [2.75, 3.05) is 11.5 Å². The van der Waals surface area contributed by atoms with Gasteiger partial charge in [-0.2, -0.15) is 11.8 Å². The minimum Gasteiger partial charge on any atom is -0.481 e. The number of hydrogen-bond acceptors (Lipinski definition) is 3. The fraction of sp³-hybridized carbons (Fsp3) is 0.778. The molecule has 0 aromatic rings. The molecule has 3 N–H and O–H groups in total. The van der Waals surface area contributed by atoms with E-state index in [2.05, 4.69) is 10.6 Å². The first-order chi connectivity index (χ1) is 7.08. The SMILES string of the molecule is CC(CC(=O)O)NC(=O)NC1CCSC1. The molecule has 5 nitrogen and oxygen atoms in total. The second-order valence-electron chi connectivity index (χ2n) is 3.68. The topological polar surface area (TPSA) is 78.4 Å². The van der Waals surface area contributed by atoms with Crippen LogP contribution in [0.3, 0.4) is 0 Å². The van der Waals surface area contributed by atoms with E-state index in [1.807, 2.05) is 11.8 Å². The third-order valence-corrected chi connectivity index (χ3v) is 3.29. The van der Waals surface area contributed by atoms with Crippen LogP contribution < -0.4 is 10.6 Å². The molecule has 2 unspecified atom stereocenters. The molecule has 86 valence electrons. The Morgan fingerprint density at radius 3 is 2.87 bits per heavy atom. The molecule has 6 heteroatoms. The van der Waals surface area contributed by atoms with E-state index in [1.54, 1.807) is 6.92 Å². The van der Waals surface area contributed by atoms with Crippen molar-refractivity contribution in [2.45, 2.75) is 31.8 Å². The van der Waals surface area contributed by atoms with Crippen LogP contribution in [0.5, 0.6) is 0 Å². The van der Waals surface area contributed by atoms with Crippen LogP contribution in [0, 0.1) is 0 Å². The van der Waals surface area contributed by atoms with Crippen LogP contribution in [-0.4, -0.2) is 40.7 Å². The Hall–Kier alpha value is -0.910. The molecule has 0 saturated carbocycles. The van der Waals surface area contributed by atoms with Gasteiger partial charge in [-0.15, -0.1) is 0 Å². The number of carbonyl (C=O) groups excluding carboxylic acids is 1. The van der Waals surface area contributed by atoms with Crippen LogP contribution in [0.2, 0.25) is 0 Å². The highest BCUT2D eigenvalue weighted by Crippen LogP contribution is 2.16. The zero-order chi connectivity index (χ0) is 11.3. The van der Waals surface area contributed by atoms with Crippen molar-refractivity contribution in [3.05, 3.63) is 0 Å². The van der Waals surface area contributed by atoms with E-state index in [9.17, 15) is 9.59 Å². The van der Waals surface area contributed by atoms with Crippen molar-refractivity contribution in [2.24, 2.45) is 0 Å². The lowest BCUT2D eigenvalue weighted by molar-refractivity contribution is -0.137. The van der Waals surface area contributed by atoms with E-state index in [4.69, 9.17) is 5.11 Å². The average Bonchev–Trinajstić information content (AvgIpc) is 2.53. The standard InChI is InChI=1S/C9H16N2O3S/c1-6(4-8(12)13)10-9(14)11-7-2-3-15-5-7/h6-7H,2-5H2,1H3,(H,12,13)(H2,10,11,14). The third kappa shape index (κ3) is 4.92. The highest BCUT2D eigenvalue weighted by atomic mass is 32.2. The lowest BCUT2D eigenvalue weighted by atomic mass is 10.2. The smallest absolute Gasteiger partial charge is 0.315 e. The monoisotopic (exact) mass is 232 g/mol. The van der Waals surface area contributed by atoms with Crippen LogP contribution in [0.1, 0.15) is 19.8 Å². The van der Waals surface area contributed by atoms with Gasteiger partial charge in [-0.3, -0.25) is 4.79 Å². The van der Waals surface area contributed by atoms with Crippen LogP contribution in [0.4, 0.5) is 4.79 Å². The number of nitrogens with one attached hydrogen (secondary N) is 2. The molecule has 1 aliphatic heterocycles. The van der Waals surface area contributed by atoms with Gasteiger partial charge < -0.3 is 15.7 Å². The predicted octanol–water partition coefficient (Wildman–Crippen LogP) is 0.654. The molecular weight excluding hydrogens is 216 g/mol. The molecule has 2 amide bonds. The zero-order valence-corrected chi connectivity index (χ0v) is 9.47. The summed E-state index contributed by atoms with van der Waals surface area (Å²) in [6.45, 7) is 1.68. The van der Waals surface area contributed by atoms with Crippen molar-refractivity contribution >= 4 is 23.8 Å². The normalized spacial score (nSPS) is 22.1. The van der Waals surface area contributed by atoms with Crippen molar-refractivity contribution in [1.82, 2.24) is 10.6 Å². The van der Waals surface area contributed by atoms with Gasteiger partial charge in [0.05, 0.1) is 6.42 Å². The van der Waals surface area contributed by atoms with Gasteiger partial charge in [-0.05, 0) is 19.1 Å². The van der Waals surface area contributed by atoms with E-state index in [1.165, 1.54) is 0 Å². The van der Waals surface area contributed by atoms with E-state index < -0.39 is 5.97 Å². The van der Waals surface area contributed by atoms with E-state index in [0.29, 0.717) is 0 Å². The number of thioether (sulfide) groups is 1. The number of amides is 2. The molecule has 0 aromatic heterocycles. The molecule has 0 radical (unpaired) electrons. The van der Waals surface area contributed by atoms with Gasteiger partial charge in [0.2, 0.25) is 0 Å². The number of aliphatic carboxylic acids is 1. The number of rotatable bonds is 4. The van der Waals surface area contributed by atoms with E-state index in [0.717, 1.165) is 17.9 Å². The lowest BCUT2D eigenvalue weighted by Gasteiger charge is -2.15. The first kappa shape index (κ1) is 12.2. The maximum Gasteiger partial charge on any atom is 0.315 e. The minimum absolute atomic E-state index is 0.0488. The number of carboxylic acid groups (broad SMARTS) is 1. The van der Waals surface area contributed by atoms with Crippen molar-refractivity contribution in [1.29, 1.82) is 0 Å². The molecule has 1 rings (SSSR count). The fourth-order valence-electron chi connectivity index (χ4n) is 1.41. The summed E-state index contributed by atoms with van der Waals surface area (Å²) < 4.78 is 0. The van der Waals surface area contributed by atoms with Crippen LogP contribution in [0.15, 0.2) is 0 Å². The molecule has 0 aromatic carbocycles. The minimum atomic E-state index is -0.903. The molecule has 1 saturated heterocycles. The van der Waals surface area contributed by atoms with Crippen molar-refractivity contribution in [3.63, 3.8) is 0 Å². The molecule has 2 atom stereocenters. The Bertz CT molecular complexity index is 242. The Morgan fingerprint density at radius 1 is 1.60 bits per heavy atom. The highest BCUT2D eigenvalue weighted by Gasteiger charge is 2.18. The average molecular weight is 232 g/mol. The Labute approximate surface area is 93.0 Å². The van der Waals surface area contributed by atoms with Gasteiger partial charge in [0.15, 0.2) is 0 Å². The zero-order valence-electron chi connectivity index (χ0n) is 8.66. The first-order valence-corrected chi connectivity index (χ1v) is 6.10. The van der Waals surface area contributed by atoms with Crippen LogP contribution in [0.25, 0.3) is 0 Å². The maximum atomic E-state index is 11.4. The van der Waals surface area contributed by atoms with Crippen molar-refractivity contribution < 1.29 is 14.7 Å². The summed E-state index contributed by atoms with van der Waals surface area (Å²) in [5.74, 6) is 1.12.